The molecule has 0 aliphatic heterocycles. The summed E-state index contributed by atoms with van der Waals surface area (Å²) >= 11 is 0. The maximum Gasteiger partial charge on any atom is 0.224 e. The number of ether oxygens (including phenoxy) is 1. The number of nitrogens with one attached hydrogen (secondary N) is 1. The molecule has 1 saturated carbocycles. The number of amides is 1. The fraction of sp³-hybridized carbons (Fsp3) is 0.381. The van der Waals surface area contributed by atoms with Crippen molar-refractivity contribution in [2.24, 2.45) is 5.92 Å². The lowest BCUT2D eigenvalue weighted by molar-refractivity contribution is -0.116. The molecule has 0 bridgehead atoms. The topological polar surface area (TPSA) is 51.5 Å². The molecule has 0 unspecified atom stereocenters. The van der Waals surface area contributed by atoms with Crippen molar-refractivity contribution < 1.29 is 13.9 Å². The van der Waals surface area contributed by atoms with Gasteiger partial charge in [0.2, 0.25) is 5.91 Å². The lowest BCUT2D eigenvalue weighted by atomic mass is 10.0. The first-order valence-electron chi connectivity index (χ1n) is 9.04. The Morgan fingerprint density at radius 1 is 1.16 bits per heavy atom. The summed E-state index contributed by atoms with van der Waals surface area (Å²) in [5.41, 5.74) is 2.27. The molecule has 2 aromatic carbocycles. The van der Waals surface area contributed by atoms with E-state index in [1.54, 1.807) is 7.11 Å². The standard InChI is InChI=1S/C21H23NO3/c1-24-20-12-16-15-8-4-5-9-18(15)25-19(16)13-17(20)22-21(23)11-10-14-6-2-3-7-14/h4-5,8-9,12-14H,2-3,6-7,10-11H2,1H3,(H,22,23). The Morgan fingerprint density at radius 2 is 1.96 bits per heavy atom. The van der Waals surface area contributed by atoms with Crippen LogP contribution < -0.4 is 10.1 Å². The number of methoxy groups -OCH3 is 1. The van der Waals surface area contributed by atoms with Crippen molar-refractivity contribution in [1.29, 1.82) is 0 Å². The third-order valence-corrected chi connectivity index (χ3v) is 5.23. The molecule has 0 atom stereocenters. The van der Waals surface area contributed by atoms with E-state index in [9.17, 15) is 4.79 Å². The van der Waals surface area contributed by atoms with Crippen LogP contribution >= 0.6 is 0 Å². The van der Waals surface area contributed by atoms with Crippen molar-refractivity contribution >= 4 is 33.5 Å². The molecule has 1 aromatic heterocycles. The largest absolute Gasteiger partial charge is 0.495 e. The van der Waals surface area contributed by atoms with Gasteiger partial charge in [0.25, 0.3) is 0 Å². The minimum Gasteiger partial charge on any atom is -0.495 e. The highest BCUT2D eigenvalue weighted by Gasteiger charge is 2.18. The Bertz CT molecular complexity index is 906. The van der Waals surface area contributed by atoms with Crippen molar-refractivity contribution in [3.05, 3.63) is 36.4 Å². The van der Waals surface area contributed by atoms with Crippen LogP contribution in [0.4, 0.5) is 5.69 Å². The normalized spacial score (nSPS) is 15.1. The Labute approximate surface area is 147 Å². The van der Waals surface area contributed by atoms with Crippen LogP contribution in [-0.2, 0) is 4.79 Å². The second kappa shape index (κ2) is 6.79. The molecule has 3 aromatic rings. The van der Waals surface area contributed by atoms with Crippen molar-refractivity contribution in [3.8, 4) is 5.75 Å². The Kier molecular flexibility index (Phi) is 4.35. The SMILES string of the molecule is COc1cc2c(cc1NC(=O)CCC1CCCC1)oc1ccccc12. The van der Waals surface area contributed by atoms with E-state index in [1.807, 2.05) is 36.4 Å². The molecule has 4 nitrogen and oxygen atoms in total. The van der Waals surface area contributed by atoms with Gasteiger partial charge in [-0.15, -0.1) is 0 Å². The van der Waals surface area contributed by atoms with E-state index in [-0.39, 0.29) is 5.91 Å². The lowest BCUT2D eigenvalue weighted by Crippen LogP contribution is -2.13. The van der Waals surface area contributed by atoms with E-state index in [4.69, 9.17) is 9.15 Å². The van der Waals surface area contributed by atoms with Crippen LogP contribution in [0, 0.1) is 5.92 Å². The molecule has 0 spiro atoms. The van der Waals surface area contributed by atoms with Crippen LogP contribution in [0.1, 0.15) is 38.5 Å². The smallest absolute Gasteiger partial charge is 0.224 e. The average molecular weight is 337 g/mol. The number of para-hydroxylation sites is 1. The van der Waals surface area contributed by atoms with Gasteiger partial charge in [-0.05, 0) is 24.5 Å². The summed E-state index contributed by atoms with van der Waals surface area (Å²) in [5.74, 6) is 1.42. The maximum absolute atomic E-state index is 12.3. The van der Waals surface area contributed by atoms with E-state index >= 15 is 0 Å². The van der Waals surface area contributed by atoms with Gasteiger partial charge in [-0.25, -0.2) is 0 Å². The zero-order valence-electron chi connectivity index (χ0n) is 14.5. The van der Waals surface area contributed by atoms with Gasteiger partial charge in [-0.3, -0.25) is 4.79 Å². The van der Waals surface area contributed by atoms with E-state index < -0.39 is 0 Å². The van der Waals surface area contributed by atoms with Gasteiger partial charge in [-0.1, -0.05) is 43.9 Å². The number of benzene rings is 2. The molecule has 0 saturated heterocycles. The Morgan fingerprint density at radius 3 is 2.76 bits per heavy atom. The molecule has 1 heterocycles. The summed E-state index contributed by atoms with van der Waals surface area (Å²) in [7, 11) is 1.62. The first kappa shape index (κ1) is 16.0. The molecule has 4 rings (SSSR count). The molecule has 25 heavy (non-hydrogen) atoms. The van der Waals surface area contributed by atoms with Crippen molar-refractivity contribution in [2.45, 2.75) is 38.5 Å². The molecular weight excluding hydrogens is 314 g/mol. The van der Waals surface area contributed by atoms with Crippen LogP contribution in [-0.4, -0.2) is 13.0 Å². The number of carbonyl (C=O) groups is 1. The molecule has 1 amide bonds. The minimum absolute atomic E-state index is 0.0423. The van der Waals surface area contributed by atoms with E-state index in [0.29, 0.717) is 23.8 Å². The van der Waals surface area contributed by atoms with Gasteiger partial charge in [0.1, 0.15) is 16.9 Å². The van der Waals surface area contributed by atoms with Gasteiger partial charge in [-0.2, -0.15) is 0 Å². The minimum atomic E-state index is 0.0423. The molecule has 1 N–H and O–H groups in total. The number of furan rings is 1. The first-order valence-corrected chi connectivity index (χ1v) is 9.04. The van der Waals surface area contributed by atoms with Gasteiger partial charge < -0.3 is 14.5 Å². The van der Waals surface area contributed by atoms with Gasteiger partial charge in [0, 0.05) is 23.3 Å². The molecule has 1 aliphatic carbocycles. The van der Waals surface area contributed by atoms with Crippen LogP contribution in [0.3, 0.4) is 0 Å². The number of anilines is 1. The predicted molar refractivity (Wildman–Crippen MR) is 100 cm³/mol. The number of rotatable bonds is 5. The van der Waals surface area contributed by atoms with Gasteiger partial charge >= 0.3 is 0 Å². The van der Waals surface area contributed by atoms with Gasteiger partial charge in [0.05, 0.1) is 12.8 Å². The van der Waals surface area contributed by atoms with Crippen LogP contribution in [0.2, 0.25) is 0 Å². The quantitative estimate of drug-likeness (QED) is 0.668. The fourth-order valence-electron chi connectivity index (χ4n) is 3.87. The molecule has 4 heteroatoms. The second-order valence-corrected chi connectivity index (χ2v) is 6.88. The van der Waals surface area contributed by atoms with E-state index in [0.717, 1.165) is 28.4 Å². The summed E-state index contributed by atoms with van der Waals surface area (Å²) in [6.45, 7) is 0. The highest BCUT2D eigenvalue weighted by Crippen LogP contribution is 2.36. The summed E-state index contributed by atoms with van der Waals surface area (Å²) in [4.78, 5) is 12.3. The zero-order chi connectivity index (χ0) is 17.2. The lowest BCUT2D eigenvalue weighted by Gasteiger charge is -2.12. The maximum atomic E-state index is 12.3. The highest BCUT2D eigenvalue weighted by molar-refractivity contribution is 6.07. The number of hydrogen-bond donors (Lipinski definition) is 1. The number of carbonyl (C=O) groups excluding carboxylic acids is 1. The fourth-order valence-corrected chi connectivity index (χ4v) is 3.87. The summed E-state index contributed by atoms with van der Waals surface area (Å²) < 4.78 is 11.4. The highest BCUT2D eigenvalue weighted by atomic mass is 16.5. The van der Waals surface area contributed by atoms with E-state index in [2.05, 4.69) is 5.32 Å². The average Bonchev–Trinajstić information content (AvgIpc) is 3.26. The monoisotopic (exact) mass is 337 g/mol. The predicted octanol–water partition coefficient (Wildman–Crippen LogP) is 5.50. The molecule has 0 radical (unpaired) electrons. The summed E-state index contributed by atoms with van der Waals surface area (Å²) in [5, 5.41) is 5.05. The zero-order valence-corrected chi connectivity index (χ0v) is 14.5. The summed E-state index contributed by atoms with van der Waals surface area (Å²) in [6.07, 6.45) is 6.68. The van der Waals surface area contributed by atoms with Crippen LogP contribution in [0.15, 0.2) is 40.8 Å². The van der Waals surface area contributed by atoms with Crippen LogP contribution in [0.5, 0.6) is 5.75 Å². The third kappa shape index (κ3) is 3.21. The number of fused-ring (bicyclic) bond motifs is 3. The summed E-state index contributed by atoms with van der Waals surface area (Å²) in [6, 6.07) is 11.7. The Balaban J connectivity index is 1.57. The second-order valence-electron chi connectivity index (χ2n) is 6.88. The molecule has 1 aliphatic rings. The first-order chi connectivity index (χ1) is 12.2. The van der Waals surface area contributed by atoms with Crippen molar-refractivity contribution in [3.63, 3.8) is 0 Å². The third-order valence-electron chi connectivity index (χ3n) is 5.23. The molecule has 130 valence electrons. The molecular formula is C21H23NO3. The Hall–Kier alpha value is -2.49. The van der Waals surface area contributed by atoms with Crippen molar-refractivity contribution in [2.75, 3.05) is 12.4 Å². The number of hydrogen-bond acceptors (Lipinski definition) is 3. The van der Waals surface area contributed by atoms with Crippen LogP contribution in [0.25, 0.3) is 21.9 Å². The molecule has 1 fully saturated rings. The van der Waals surface area contributed by atoms with Gasteiger partial charge in [0.15, 0.2) is 0 Å². The van der Waals surface area contributed by atoms with E-state index in [1.165, 1.54) is 25.7 Å². The van der Waals surface area contributed by atoms with Crippen molar-refractivity contribution in [1.82, 2.24) is 0 Å².